The fraction of sp³-hybridized carbons (Fsp3) is 0.947. The van der Waals surface area contributed by atoms with Crippen LogP contribution in [0.5, 0.6) is 0 Å². The van der Waals surface area contributed by atoms with E-state index in [1.807, 2.05) is 0 Å². The van der Waals surface area contributed by atoms with Gasteiger partial charge in [-0.2, -0.15) is 0 Å². The first kappa shape index (κ1) is 19.5. The molecule has 1 saturated heterocycles. The number of unbranched alkanes of at least 4 members (excludes halogenated alkanes) is 11. The van der Waals surface area contributed by atoms with Crippen LogP contribution in [0.2, 0.25) is 0 Å². The molecule has 0 aromatic carbocycles. The Labute approximate surface area is 138 Å². The van der Waals surface area contributed by atoms with Crippen LogP contribution < -0.4 is 5.73 Å². The lowest BCUT2D eigenvalue weighted by Crippen LogP contribution is -2.27. The van der Waals surface area contributed by atoms with E-state index in [4.69, 9.17) is 5.73 Å². The first-order valence-electron chi connectivity index (χ1n) is 9.75. The Morgan fingerprint density at radius 2 is 1.41 bits per heavy atom. The molecule has 0 spiro atoms. The Hall–Kier alpha value is -0.570. The second kappa shape index (κ2) is 12.9. The SMILES string of the molecule is CCCCCCCCCCCCCCN1CCC(C(N)=O)C1. The zero-order valence-electron chi connectivity index (χ0n) is 14.8. The van der Waals surface area contributed by atoms with Crippen LogP contribution in [0.15, 0.2) is 0 Å². The van der Waals surface area contributed by atoms with E-state index in [9.17, 15) is 4.79 Å². The molecule has 3 nitrogen and oxygen atoms in total. The van der Waals surface area contributed by atoms with Crippen LogP contribution in [-0.4, -0.2) is 30.4 Å². The van der Waals surface area contributed by atoms with Gasteiger partial charge in [0.15, 0.2) is 0 Å². The molecule has 0 saturated carbocycles. The number of amides is 1. The molecule has 0 radical (unpaired) electrons. The van der Waals surface area contributed by atoms with Gasteiger partial charge in [-0.3, -0.25) is 4.79 Å². The van der Waals surface area contributed by atoms with Crippen molar-refractivity contribution in [2.45, 2.75) is 90.4 Å². The highest BCUT2D eigenvalue weighted by Gasteiger charge is 2.25. The number of hydrogen-bond donors (Lipinski definition) is 1. The lowest BCUT2D eigenvalue weighted by molar-refractivity contribution is -0.121. The van der Waals surface area contributed by atoms with Crippen molar-refractivity contribution >= 4 is 5.91 Å². The van der Waals surface area contributed by atoms with Gasteiger partial charge < -0.3 is 10.6 Å². The summed E-state index contributed by atoms with van der Waals surface area (Å²) >= 11 is 0. The quantitative estimate of drug-likeness (QED) is 0.480. The molecule has 1 aliphatic rings. The first-order valence-corrected chi connectivity index (χ1v) is 9.75. The third-order valence-corrected chi connectivity index (χ3v) is 5.00. The normalized spacial score (nSPS) is 18.9. The van der Waals surface area contributed by atoms with E-state index >= 15 is 0 Å². The van der Waals surface area contributed by atoms with Gasteiger partial charge in [-0.15, -0.1) is 0 Å². The molecule has 3 heteroatoms. The molecule has 130 valence electrons. The van der Waals surface area contributed by atoms with Crippen LogP contribution in [0.25, 0.3) is 0 Å². The molecular weight excluding hydrogens is 272 g/mol. The molecule has 22 heavy (non-hydrogen) atoms. The van der Waals surface area contributed by atoms with Crippen molar-refractivity contribution in [2.75, 3.05) is 19.6 Å². The predicted octanol–water partition coefficient (Wildman–Crippen LogP) is 4.49. The molecule has 0 aliphatic carbocycles. The molecular formula is C19H38N2O. The minimum atomic E-state index is -0.114. The number of nitrogens with zero attached hydrogens (tertiary/aromatic N) is 1. The van der Waals surface area contributed by atoms with Crippen LogP contribution in [0.3, 0.4) is 0 Å². The summed E-state index contributed by atoms with van der Waals surface area (Å²) in [7, 11) is 0. The molecule has 0 aromatic heterocycles. The van der Waals surface area contributed by atoms with Crippen molar-refractivity contribution in [3.05, 3.63) is 0 Å². The van der Waals surface area contributed by atoms with Crippen molar-refractivity contribution in [1.29, 1.82) is 0 Å². The summed E-state index contributed by atoms with van der Waals surface area (Å²) in [6, 6.07) is 0. The summed E-state index contributed by atoms with van der Waals surface area (Å²) in [5.74, 6) is -0.00507. The Bertz CT molecular complexity index is 281. The summed E-state index contributed by atoms with van der Waals surface area (Å²) in [6.45, 7) is 5.39. The summed E-state index contributed by atoms with van der Waals surface area (Å²) < 4.78 is 0. The maximum atomic E-state index is 11.1. The third-order valence-electron chi connectivity index (χ3n) is 5.00. The van der Waals surface area contributed by atoms with Gasteiger partial charge in [0.05, 0.1) is 5.92 Å². The average molecular weight is 311 g/mol. The molecule has 1 aliphatic heterocycles. The molecule has 0 bridgehead atoms. The zero-order valence-corrected chi connectivity index (χ0v) is 14.8. The van der Waals surface area contributed by atoms with Gasteiger partial charge >= 0.3 is 0 Å². The fourth-order valence-electron chi connectivity index (χ4n) is 3.44. The Morgan fingerprint density at radius 3 is 1.86 bits per heavy atom. The molecule has 1 atom stereocenters. The third kappa shape index (κ3) is 9.45. The largest absolute Gasteiger partial charge is 0.369 e. The van der Waals surface area contributed by atoms with Gasteiger partial charge in [-0.05, 0) is 25.9 Å². The highest BCUT2D eigenvalue weighted by atomic mass is 16.1. The number of nitrogens with two attached hydrogens (primary N) is 1. The Kier molecular flexibility index (Phi) is 11.4. The standard InChI is InChI=1S/C19H38N2O/c1-2-3-4-5-6-7-8-9-10-11-12-13-15-21-16-14-18(17-21)19(20)22/h18H,2-17H2,1H3,(H2,20,22). The van der Waals surface area contributed by atoms with Crippen LogP contribution in [-0.2, 0) is 4.79 Å². The van der Waals surface area contributed by atoms with Gasteiger partial charge in [-0.1, -0.05) is 77.6 Å². The summed E-state index contributed by atoms with van der Waals surface area (Å²) in [6.07, 6.45) is 17.7. The average Bonchev–Trinajstić information content (AvgIpc) is 2.97. The van der Waals surface area contributed by atoms with E-state index in [1.54, 1.807) is 0 Å². The van der Waals surface area contributed by atoms with Crippen molar-refractivity contribution < 1.29 is 4.79 Å². The molecule has 1 unspecified atom stereocenters. The number of carbonyl (C=O) groups excluding carboxylic acids is 1. The van der Waals surface area contributed by atoms with Gasteiger partial charge in [0, 0.05) is 6.54 Å². The molecule has 1 amide bonds. The van der Waals surface area contributed by atoms with Crippen LogP contribution >= 0.6 is 0 Å². The number of carbonyl (C=O) groups is 1. The highest BCUT2D eigenvalue weighted by molar-refractivity contribution is 5.77. The zero-order chi connectivity index (χ0) is 16.0. The van der Waals surface area contributed by atoms with Crippen LogP contribution in [0, 0.1) is 5.92 Å². The van der Waals surface area contributed by atoms with Gasteiger partial charge in [-0.25, -0.2) is 0 Å². The fourth-order valence-corrected chi connectivity index (χ4v) is 3.44. The van der Waals surface area contributed by atoms with Crippen molar-refractivity contribution in [3.8, 4) is 0 Å². The van der Waals surface area contributed by atoms with Crippen LogP contribution in [0.4, 0.5) is 0 Å². The van der Waals surface area contributed by atoms with Crippen LogP contribution in [0.1, 0.15) is 90.4 Å². The summed E-state index contributed by atoms with van der Waals surface area (Å²) in [5.41, 5.74) is 5.36. The van der Waals surface area contributed by atoms with Crippen molar-refractivity contribution in [3.63, 3.8) is 0 Å². The topological polar surface area (TPSA) is 46.3 Å². The van der Waals surface area contributed by atoms with E-state index < -0.39 is 0 Å². The maximum Gasteiger partial charge on any atom is 0.221 e. The second-order valence-electron chi connectivity index (χ2n) is 7.08. The summed E-state index contributed by atoms with van der Waals surface area (Å²) in [4.78, 5) is 13.5. The number of hydrogen-bond acceptors (Lipinski definition) is 2. The monoisotopic (exact) mass is 310 g/mol. The molecule has 1 rings (SSSR count). The molecule has 0 aromatic rings. The van der Waals surface area contributed by atoms with E-state index in [-0.39, 0.29) is 11.8 Å². The van der Waals surface area contributed by atoms with Crippen molar-refractivity contribution in [2.24, 2.45) is 11.7 Å². The minimum absolute atomic E-state index is 0.109. The van der Waals surface area contributed by atoms with Crippen molar-refractivity contribution in [1.82, 2.24) is 4.90 Å². The van der Waals surface area contributed by atoms with E-state index in [2.05, 4.69) is 11.8 Å². The molecule has 1 fully saturated rings. The lowest BCUT2D eigenvalue weighted by Gasteiger charge is -2.14. The smallest absolute Gasteiger partial charge is 0.221 e. The minimum Gasteiger partial charge on any atom is -0.369 e. The molecule has 2 N–H and O–H groups in total. The highest BCUT2D eigenvalue weighted by Crippen LogP contribution is 2.17. The Morgan fingerprint density at radius 1 is 0.909 bits per heavy atom. The number of primary amides is 1. The van der Waals surface area contributed by atoms with Gasteiger partial charge in [0.25, 0.3) is 0 Å². The van der Waals surface area contributed by atoms with E-state index in [0.717, 1.165) is 26.1 Å². The summed E-state index contributed by atoms with van der Waals surface area (Å²) in [5, 5.41) is 0. The number of rotatable bonds is 14. The van der Waals surface area contributed by atoms with Gasteiger partial charge in [0.1, 0.15) is 0 Å². The van der Waals surface area contributed by atoms with Gasteiger partial charge in [0.2, 0.25) is 5.91 Å². The maximum absolute atomic E-state index is 11.1. The lowest BCUT2D eigenvalue weighted by atomic mass is 10.1. The Balaban J connectivity index is 1.78. The first-order chi connectivity index (χ1) is 10.7. The van der Waals surface area contributed by atoms with E-state index in [0.29, 0.717) is 0 Å². The second-order valence-corrected chi connectivity index (χ2v) is 7.08. The predicted molar refractivity (Wildman–Crippen MR) is 94.8 cm³/mol. The van der Waals surface area contributed by atoms with E-state index in [1.165, 1.54) is 77.0 Å². The number of likely N-dealkylation sites (tertiary alicyclic amines) is 1. The molecule has 1 heterocycles.